The van der Waals surface area contributed by atoms with E-state index in [4.69, 9.17) is 0 Å². The molecule has 0 fully saturated rings. The van der Waals surface area contributed by atoms with E-state index in [0.29, 0.717) is 5.39 Å². The molecule has 0 unspecified atom stereocenters. The quantitative estimate of drug-likeness (QED) is 0.248. The van der Waals surface area contributed by atoms with Crippen molar-refractivity contribution in [1.82, 2.24) is 4.98 Å². The summed E-state index contributed by atoms with van der Waals surface area (Å²) < 4.78 is 27.2. The van der Waals surface area contributed by atoms with Gasteiger partial charge in [-0.15, -0.1) is 0 Å². The third kappa shape index (κ3) is 4.98. The molecular weight excluding hydrogens is 388 g/mol. The second-order valence-electron chi connectivity index (χ2n) is 7.63. The lowest BCUT2D eigenvalue weighted by molar-refractivity contribution is 0.517. The third-order valence-corrected chi connectivity index (χ3v) is 5.33. The normalized spacial score (nSPS) is 10.7. The Balaban J connectivity index is 1.47. The molecule has 0 bridgehead atoms. The highest BCUT2D eigenvalue weighted by molar-refractivity contribution is 5.84. The Labute approximate surface area is 181 Å². The molecule has 0 radical (unpaired) electrons. The molecule has 0 atom stereocenters. The van der Waals surface area contributed by atoms with Gasteiger partial charge in [0.15, 0.2) is 11.6 Å². The van der Waals surface area contributed by atoms with Crippen molar-refractivity contribution in [3.05, 3.63) is 101 Å². The molecule has 0 aliphatic rings. The first kappa shape index (κ1) is 20.8. The van der Waals surface area contributed by atoms with Crippen molar-refractivity contribution >= 4 is 10.8 Å². The largest absolute Gasteiger partial charge is 0.256 e. The van der Waals surface area contributed by atoms with E-state index in [1.807, 2.05) is 30.5 Å². The fourth-order valence-electron chi connectivity index (χ4n) is 3.53. The Hall–Kier alpha value is -3.51. The van der Waals surface area contributed by atoms with Crippen LogP contribution < -0.4 is 0 Å². The zero-order chi connectivity index (χ0) is 21.6. The van der Waals surface area contributed by atoms with Crippen LogP contribution >= 0.6 is 0 Å². The average molecular weight is 411 g/mol. The van der Waals surface area contributed by atoms with Crippen LogP contribution in [-0.4, -0.2) is 4.98 Å². The van der Waals surface area contributed by atoms with Crippen LogP contribution in [0.3, 0.4) is 0 Å². The maximum absolute atomic E-state index is 13.8. The molecule has 4 aromatic rings. The average Bonchev–Trinajstić information content (AvgIpc) is 2.81. The summed E-state index contributed by atoms with van der Waals surface area (Å²) in [7, 11) is 0. The van der Waals surface area contributed by atoms with Crippen LogP contribution in [-0.2, 0) is 6.42 Å². The lowest BCUT2D eigenvalue weighted by atomic mass is 10.0. The number of benzene rings is 3. The Morgan fingerprint density at radius 1 is 0.806 bits per heavy atom. The number of aromatic nitrogens is 1. The fraction of sp³-hybridized carbons (Fsp3) is 0.179. The predicted molar refractivity (Wildman–Crippen MR) is 123 cm³/mol. The molecule has 0 saturated carbocycles. The van der Waals surface area contributed by atoms with Crippen LogP contribution in [0.5, 0.6) is 0 Å². The summed E-state index contributed by atoms with van der Waals surface area (Å²) in [5.74, 6) is 4.56. The number of rotatable bonds is 5. The van der Waals surface area contributed by atoms with Crippen molar-refractivity contribution in [2.75, 3.05) is 0 Å². The maximum atomic E-state index is 13.8. The Kier molecular flexibility index (Phi) is 6.38. The number of hydrogen-bond donors (Lipinski definition) is 0. The molecule has 0 saturated heterocycles. The van der Waals surface area contributed by atoms with E-state index in [1.165, 1.54) is 24.8 Å². The summed E-state index contributed by atoms with van der Waals surface area (Å²) in [5.41, 5.74) is 4.90. The number of nitrogens with zero attached hydrogens (tertiary/aromatic N) is 1. The molecule has 0 N–H and O–H groups in total. The maximum Gasteiger partial charge on any atom is 0.166 e. The van der Waals surface area contributed by atoms with Gasteiger partial charge in [-0.1, -0.05) is 61.9 Å². The molecule has 3 aromatic carbocycles. The number of pyridine rings is 1. The number of hydrogen-bond acceptors (Lipinski definition) is 1. The minimum absolute atomic E-state index is 0.263. The van der Waals surface area contributed by atoms with Crippen LogP contribution in [0.25, 0.3) is 22.0 Å². The minimum Gasteiger partial charge on any atom is -0.256 e. The summed E-state index contributed by atoms with van der Waals surface area (Å²) >= 11 is 0. The van der Waals surface area contributed by atoms with Crippen LogP contribution in [0.15, 0.2) is 72.9 Å². The first-order valence-corrected chi connectivity index (χ1v) is 10.6. The van der Waals surface area contributed by atoms with Gasteiger partial charge in [0, 0.05) is 28.3 Å². The summed E-state index contributed by atoms with van der Waals surface area (Å²) in [6.45, 7) is 2.21. The lowest BCUT2D eigenvalue weighted by Crippen LogP contribution is -1.89. The van der Waals surface area contributed by atoms with Crippen molar-refractivity contribution in [3.8, 4) is 23.1 Å². The molecule has 3 heteroatoms. The van der Waals surface area contributed by atoms with Crippen molar-refractivity contribution in [3.63, 3.8) is 0 Å². The van der Waals surface area contributed by atoms with Crippen LogP contribution in [0.1, 0.15) is 42.9 Å². The van der Waals surface area contributed by atoms with Crippen molar-refractivity contribution in [2.24, 2.45) is 0 Å². The Bertz CT molecular complexity index is 1250. The van der Waals surface area contributed by atoms with E-state index in [9.17, 15) is 8.78 Å². The van der Waals surface area contributed by atoms with Gasteiger partial charge in [0.1, 0.15) is 0 Å². The number of halogens is 2. The molecular formula is C28H23F2N. The molecule has 1 nitrogen and oxygen atoms in total. The summed E-state index contributed by atoms with van der Waals surface area (Å²) in [4.78, 5) is 4.60. The van der Waals surface area contributed by atoms with Gasteiger partial charge in [0.05, 0.1) is 5.69 Å². The minimum atomic E-state index is -0.841. The van der Waals surface area contributed by atoms with Crippen LogP contribution in [0, 0.1) is 23.5 Å². The summed E-state index contributed by atoms with van der Waals surface area (Å²) in [5, 5.41) is 0.893. The number of fused-ring (bicyclic) bond motifs is 1. The molecule has 1 aromatic heterocycles. The fourth-order valence-corrected chi connectivity index (χ4v) is 3.53. The third-order valence-electron chi connectivity index (χ3n) is 5.33. The van der Waals surface area contributed by atoms with Gasteiger partial charge in [0.2, 0.25) is 0 Å². The smallest absolute Gasteiger partial charge is 0.166 e. The van der Waals surface area contributed by atoms with Gasteiger partial charge in [-0.3, -0.25) is 4.98 Å². The van der Waals surface area contributed by atoms with E-state index in [0.717, 1.165) is 34.9 Å². The van der Waals surface area contributed by atoms with Crippen molar-refractivity contribution in [2.45, 2.75) is 32.6 Å². The molecule has 0 spiro atoms. The summed E-state index contributed by atoms with van der Waals surface area (Å²) in [6, 6.07) is 19.9. The number of unbranched alkanes of at least 4 members (excludes halogenated alkanes) is 2. The van der Waals surface area contributed by atoms with Gasteiger partial charge in [-0.05, 0) is 60.2 Å². The van der Waals surface area contributed by atoms with Crippen LogP contribution in [0.4, 0.5) is 8.78 Å². The molecule has 31 heavy (non-hydrogen) atoms. The van der Waals surface area contributed by atoms with Gasteiger partial charge in [-0.25, -0.2) is 8.78 Å². The monoisotopic (exact) mass is 411 g/mol. The zero-order valence-electron chi connectivity index (χ0n) is 17.5. The standard InChI is InChI=1S/C28H23F2N/c1-2-3-4-5-22-11-17-27(31-19-22)23-12-8-20(9-13-23)6-7-21-10-15-25-24(18-21)14-16-26(29)28(25)30/h8-19H,2-5H2,1H3. The Morgan fingerprint density at radius 3 is 2.32 bits per heavy atom. The van der Waals surface area contributed by atoms with Crippen LogP contribution in [0.2, 0.25) is 0 Å². The van der Waals surface area contributed by atoms with Crippen molar-refractivity contribution < 1.29 is 8.78 Å². The molecule has 4 rings (SSSR count). The predicted octanol–water partition coefficient (Wildman–Crippen LogP) is 7.31. The highest BCUT2D eigenvalue weighted by Gasteiger charge is 2.06. The lowest BCUT2D eigenvalue weighted by Gasteiger charge is -2.04. The van der Waals surface area contributed by atoms with E-state index in [2.05, 4.69) is 35.9 Å². The van der Waals surface area contributed by atoms with Gasteiger partial charge >= 0.3 is 0 Å². The highest BCUT2D eigenvalue weighted by atomic mass is 19.2. The molecule has 1 heterocycles. The molecule has 0 amide bonds. The first-order valence-electron chi connectivity index (χ1n) is 10.6. The van der Waals surface area contributed by atoms with E-state index in [-0.39, 0.29) is 5.39 Å². The Morgan fingerprint density at radius 2 is 1.58 bits per heavy atom. The van der Waals surface area contributed by atoms with E-state index < -0.39 is 11.6 Å². The van der Waals surface area contributed by atoms with Gasteiger partial charge in [0.25, 0.3) is 0 Å². The zero-order valence-corrected chi connectivity index (χ0v) is 17.5. The van der Waals surface area contributed by atoms with E-state index >= 15 is 0 Å². The highest BCUT2D eigenvalue weighted by Crippen LogP contribution is 2.22. The first-order chi connectivity index (χ1) is 15.1. The second-order valence-corrected chi connectivity index (χ2v) is 7.63. The molecule has 0 aliphatic heterocycles. The molecule has 154 valence electrons. The topological polar surface area (TPSA) is 12.9 Å². The molecule has 0 aliphatic carbocycles. The van der Waals surface area contributed by atoms with Crippen molar-refractivity contribution in [1.29, 1.82) is 0 Å². The SMILES string of the molecule is CCCCCc1ccc(-c2ccc(C#Cc3ccc4c(F)c(F)ccc4c3)cc2)nc1. The van der Waals surface area contributed by atoms with Gasteiger partial charge < -0.3 is 0 Å². The number of aryl methyl sites for hydroxylation is 1. The van der Waals surface area contributed by atoms with Gasteiger partial charge in [-0.2, -0.15) is 0 Å². The summed E-state index contributed by atoms with van der Waals surface area (Å²) in [6.07, 6.45) is 6.71. The second kappa shape index (κ2) is 9.53. The van der Waals surface area contributed by atoms with E-state index in [1.54, 1.807) is 24.3 Å².